The number of allylic oxidation sites excluding steroid dienone is 6. The number of aliphatic hydroxyl groups is 6. The van der Waals surface area contributed by atoms with Gasteiger partial charge in [-0.1, -0.05) is 109 Å². The smallest absolute Gasteiger partial charge is 0.303 e. The van der Waals surface area contributed by atoms with Gasteiger partial charge in [-0.2, -0.15) is 0 Å². The van der Waals surface area contributed by atoms with Crippen LogP contribution in [-0.4, -0.2) is 132 Å². The molecule has 3 aromatic rings. The van der Waals surface area contributed by atoms with E-state index in [4.69, 9.17) is 33.2 Å². The van der Waals surface area contributed by atoms with E-state index in [0.717, 1.165) is 110 Å². The summed E-state index contributed by atoms with van der Waals surface area (Å²) in [7, 11) is 0. The maximum Gasteiger partial charge on any atom is 0.303 e. The van der Waals surface area contributed by atoms with Gasteiger partial charge in [0.15, 0.2) is 40.6 Å². The van der Waals surface area contributed by atoms with E-state index in [1.54, 1.807) is 34.6 Å². The maximum absolute atomic E-state index is 11.4. The van der Waals surface area contributed by atoms with Gasteiger partial charge in [-0.3, -0.25) is 4.79 Å². The number of carbonyl (C=O) groups is 1. The van der Waals surface area contributed by atoms with Crippen LogP contribution in [0, 0.1) is 50.4 Å². The normalized spacial score (nSPS) is 32.6. The first-order valence-electron chi connectivity index (χ1n) is 37.2. The molecule has 99 heavy (non-hydrogen) atoms. The summed E-state index contributed by atoms with van der Waals surface area (Å²) in [6, 6.07) is 6.45. The molecule has 3 saturated heterocycles. The highest BCUT2D eigenvalue weighted by Crippen LogP contribution is 2.55. The molecule has 9 rings (SSSR count). The Balaban J connectivity index is 0.000000209. The van der Waals surface area contributed by atoms with Crippen molar-refractivity contribution in [2.24, 2.45) is 29.6 Å². The highest BCUT2D eigenvalue weighted by atomic mass is 16.7. The summed E-state index contributed by atoms with van der Waals surface area (Å²) in [5.41, 5.74) is 13.0. The van der Waals surface area contributed by atoms with Crippen molar-refractivity contribution in [3.63, 3.8) is 0 Å². The van der Waals surface area contributed by atoms with Crippen LogP contribution < -0.4 is 14.2 Å². The van der Waals surface area contributed by atoms with Crippen LogP contribution in [0.2, 0.25) is 0 Å². The fourth-order valence-electron chi connectivity index (χ4n) is 16.3. The van der Waals surface area contributed by atoms with Gasteiger partial charge in [0.1, 0.15) is 24.4 Å². The zero-order valence-electron chi connectivity index (χ0n) is 63.6. The number of esters is 1. The zero-order valence-corrected chi connectivity index (χ0v) is 63.6. The van der Waals surface area contributed by atoms with Crippen LogP contribution in [0.1, 0.15) is 287 Å². The number of phenolic OH excluding ortho intramolecular Hbond substituents is 3. The second-order valence-corrected chi connectivity index (χ2v) is 31.6. The topological polar surface area (TPSA) is 264 Å². The quantitative estimate of drug-likeness (QED) is 0.0399. The number of aryl methyl sites for hydroxylation is 3. The van der Waals surface area contributed by atoms with Gasteiger partial charge in [-0.25, -0.2) is 0 Å². The van der Waals surface area contributed by atoms with Gasteiger partial charge in [0, 0.05) is 35.4 Å². The molecule has 0 amide bonds. The Morgan fingerprint density at radius 3 is 1.11 bits per heavy atom. The minimum Gasteiger partial charge on any atom is -0.504 e. The van der Waals surface area contributed by atoms with Gasteiger partial charge in [0.25, 0.3) is 0 Å². The molecule has 3 aliphatic heterocycles. The highest BCUT2D eigenvalue weighted by molar-refractivity contribution is 5.66. The minimum absolute atomic E-state index is 0.0775. The lowest BCUT2D eigenvalue weighted by Gasteiger charge is -2.41. The molecule has 0 radical (unpaired) electrons. The van der Waals surface area contributed by atoms with Gasteiger partial charge in [0.05, 0.1) is 30.5 Å². The predicted molar refractivity (Wildman–Crippen MR) is 388 cm³/mol. The standard InChI is InChI=1S/C28H42O7.2C27H42O5/c1-14(2)9-8-10-15(3)20-12-11-16(4)22-21(20)13-17(5)26(23(22)30)35-28-25(32)24(31)27(18(6)33-28)34-19(7)29;1-14(2)9-8-10-15(3)20-12-11-16(4)22-21(20)13-17(5)26(25(22)30)32-27-18(6)23(28)24(29)19(7)31-27;1-14(2)9-8-10-15(3)20-12-11-16(4)22-21(20)13-17(5)26(25(22)30)32-27-24(29)18(6)23(28)19(7)31-27/h9,13,15-16,18,20,24-25,27-28,30-32H,8,10-12H2,1-7H3;2*9,13,15-16,18-20,23-24,27-30H,8,10-12H2,1-7H3/t15-,16-,18?,20+,24?,25?,27?,28?;2*15-,16-,18?,19?,20+,23?,24?,27?/m000/s1. The molecular formula is C82H126O17. The lowest BCUT2D eigenvalue weighted by atomic mass is 9.70. The summed E-state index contributed by atoms with van der Waals surface area (Å²) < 4.78 is 40.7. The number of aliphatic hydroxyl groups excluding tert-OH is 6. The fourth-order valence-corrected chi connectivity index (χ4v) is 16.3. The minimum atomic E-state index is -1.45. The molecule has 15 unspecified atom stereocenters. The molecule has 0 aromatic heterocycles. The van der Waals surface area contributed by atoms with Crippen LogP contribution in [0.15, 0.2) is 53.1 Å². The van der Waals surface area contributed by atoms with Crippen molar-refractivity contribution in [3.05, 3.63) is 103 Å². The summed E-state index contributed by atoms with van der Waals surface area (Å²) >= 11 is 0. The zero-order chi connectivity index (χ0) is 73.5. The molecule has 17 nitrogen and oxygen atoms in total. The average Bonchev–Trinajstić information content (AvgIpc) is 0.770. The Kier molecular flexibility index (Phi) is 28.9. The fraction of sp³-hybridized carbons (Fsp3) is 0.695. The monoisotopic (exact) mass is 1380 g/mol. The second-order valence-electron chi connectivity index (χ2n) is 31.6. The third-order valence-electron chi connectivity index (χ3n) is 22.6. The van der Waals surface area contributed by atoms with Crippen LogP contribution in [0.25, 0.3) is 0 Å². The number of fused-ring (bicyclic) bond motifs is 3. The van der Waals surface area contributed by atoms with Crippen molar-refractivity contribution >= 4 is 5.97 Å². The number of phenols is 3. The highest BCUT2D eigenvalue weighted by Gasteiger charge is 2.48. The molecule has 3 heterocycles. The van der Waals surface area contributed by atoms with E-state index in [1.165, 1.54) is 40.3 Å². The number of aromatic hydroxyl groups is 3. The van der Waals surface area contributed by atoms with Crippen molar-refractivity contribution in [1.29, 1.82) is 0 Å². The van der Waals surface area contributed by atoms with E-state index >= 15 is 0 Å². The molecule has 3 aliphatic carbocycles. The summed E-state index contributed by atoms with van der Waals surface area (Å²) in [6.45, 7) is 41.9. The third kappa shape index (κ3) is 19.2. The van der Waals surface area contributed by atoms with E-state index in [0.29, 0.717) is 47.0 Å². The summed E-state index contributed by atoms with van der Waals surface area (Å²) in [4.78, 5) is 11.4. The van der Waals surface area contributed by atoms with Gasteiger partial charge < -0.3 is 79.1 Å². The van der Waals surface area contributed by atoms with Crippen molar-refractivity contribution < 1.29 is 83.9 Å². The van der Waals surface area contributed by atoms with Gasteiger partial charge in [-0.15, -0.1) is 0 Å². The molecule has 556 valence electrons. The molecule has 0 spiro atoms. The van der Waals surface area contributed by atoms with Gasteiger partial charge in [-0.05, 0) is 247 Å². The average molecular weight is 1380 g/mol. The Bertz CT molecular complexity index is 3130. The SMILES string of the molecule is CC(=O)OC1C(C)OC(Oc2c(C)cc3c(c2O)[C@@H](C)CC[C@@H]3[C@@H](C)CCC=C(C)C)C(O)C1O.CC(C)=CCC[C@H](C)[C@H]1CC[C@H](C)c2c1cc(C)c(OC1OC(C)C(O)C(C)C1O)c2O.CC(C)=CCC[C@H](C)[C@H]1CC[C@H](C)c2c1cc(C)c(OC1OC(C)C(O)C(O)C1C)c2O. The summed E-state index contributed by atoms with van der Waals surface area (Å²) in [6.07, 6.45) is 7.80. The van der Waals surface area contributed by atoms with Crippen LogP contribution in [-0.2, 0) is 23.7 Å². The van der Waals surface area contributed by atoms with E-state index < -0.39 is 91.8 Å². The first kappa shape index (κ1) is 81.1. The van der Waals surface area contributed by atoms with Gasteiger partial charge >= 0.3 is 5.97 Å². The largest absolute Gasteiger partial charge is 0.504 e. The van der Waals surface area contributed by atoms with Crippen LogP contribution in [0.3, 0.4) is 0 Å². The lowest BCUT2D eigenvalue weighted by Crippen LogP contribution is -2.59. The molecule has 3 aromatic carbocycles. The Morgan fingerprint density at radius 2 is 0.758 bits per heavy atom. The number of ether oxygens (including phenoxy) is 7. The molecule has 17 heteroatoms. The van der Waals surface area contributed by atoms with E-state index in [-0.39, 0.29) is 46.7 Å². The van der Waals surface area contributed by atoms with Crippen LogP contribution >= 0.6 is 0 Å². The van der Waals surface area contributed by atoms with Crippen LogP contribution in [0.4, 0.5) is 0 Å². The number of hydrogen-bond donors (Lipinski definition) is 9. The van der Waals surface area contributed by atoms with E-state index in [1.807, 2.05) is 20.8 Å². The molecule has 24 atom stereocenters. The Labute approximate surface area is 592 Å². The Morgan fingerprint density at radius 1 is 0.434 bits per heavy atom. The molecule has 0 bridgehead atoms. The molecule has 3 fully saturated rings. The van der Waals surface area contributed by atoms with Crippen LogP contribution in [0.5, 0.6) is 34.5 Å². The van der Waals surface area contributed by atoms with Gasteiger partial charge in [0.2, 0.25) is 18.9 Å². The first-order chi connectivity index (χ1) is 46.5. The molecule has 0 saturated carbocycles. The van der Waals surface area contributed by atoms with Crippen molar-refractivity contribution in [2.75, 3.05) is 0 Å². The van der Waals surface area contributed by atoms with Crippen molar-refractivity contribution in [1.82, 2.24) is 0 Å². The summed E-state index contributed by atoms with van der Waals surface area (Å²) in [5, 5.41) is 96.4. The number of hydrogen-bond acceptors (Lipinski definition) is 17. The number of carbonyl (C=O) groups excluding carboxylic acids is 1. The van der Waals surface area contributed by atoms with Crippen molar-refractivity contribution in [2.45, 2.75) is 338 Å². The molecule has 9 N–H and O–H groups in total. The van der Waals surface area contributed by atoms with E-state index in [9.17, 15) is 50.8 Å². The number of benzene rings is 3. The second kappa shape index (κ2) is 35.3. The maximum atomic E-state index is 11.4. The number of rotatable bonds is 19. The first-order valence-corrected chi connectivity index (χ1v) is 37.2. The third-order valence-corrected chi connectivity index (χ3v) is 22.6. The molecular weight excluding hydrogens is 1260 g/mol. The summed E-state index contributed by atoms with van der Waals surface area (Å²) in [5.74, 6) is 3.54. The van der Waals surface area contributed by atoms with Crippen molar-refractivity contribution in [3.8, 4) is 34.5 Å². The predicted octanol–water partition coefficient (Wildman–Crippen LogP) is 15.9. The Hall–Kier alpha value is -5.21. The lowest BCUT2D eigenvalue weighted by molar-refractivity contribution is -0.272. The molecule has 6 aliphatic rings. The van der Waals surface area contributed by atoms with E-state index in [2.05, 4.69) is 120 Å².